The first-order valence-electron chi connectivity index (χ1n) is 16.9. The van der Waals surface area contributed by atoms with E-state index in [-0.39, 0.29) is 6.61 Å². The maximum absolute atomic E-state index is 9.80. The molecule has 7 aromatic carbocycles. The largest absolute Gasteiger partial charge is 0.497 e. The Morgan fingerprint density at radius 2 is 0.780 bits per heavy atom. The molecule has 0 amide bonds. The molecule has 0 unspecified atom stereocenters. The summed E-state index contributed by atoms with van der Waals surface area (Å²) < 4.78 is 5.54. The standard InChI is InChI=1S/C46H40N2O2/c1-33-10-22-40(23-11-33)47(44-7-4-6-35(30-44)32-49)42-26-18-38(19-27-42)36-14-16-37(17-15-36)39-20-28-43(29-21-39)48(41-24-12-34(2)13-25-41)45-8-5-9-46(31-45)50-3/h4-31,49H,32H2,1-3H3. The van der Waals surface area contributed by atoms with Crippen molar-refractivity contribution in [1.82, 2.24) is 0 Å². The van der Waals surface area contributed by atoms with Crippen LogP contribution in [0.1, 0.15) is 16.7 Å². The van der Waals surface area contributed by atoms with Crippen LogP contribution in [0.4, 0.5) is 34.1 Å². The van der Waals surface area contributed by atoms with Gasteiger partial charge in [-0.1, -0.05) is 102 Å². The summed E-state index contributed by atoms with van der Waals surface area (Å²) in [4.78, 5) is 4.48. The van der Waals surface area contributed by atoms with Gasteiger partial charge in [0.15, 0.2) is 0 Å². The summed E-state index contributed by atoms with van der Waals surface area (Å²) in [6, 6.07) is 59.5. The second-order valence-corrected chi connectivity index (χ2v) is 12.5. The number of rotatable bonds is 10. The minimum atomic E-state index is 0.00383. The van der Waals surface area contributed by atoms with Crippen molar-refractivity contribution in [3.63, 3.8) is 0 Å². The summed E-state index contributed by atoms with van der Waals surface area (Å²) in [6.45, 7) is 4.21. The normalized spacial score (nSPS) is 10.9. The Bertz CT molecular complexity index is 2010. The molecule has 0 fully saturated rings. The van der Waals surface area contributed by atoms with Gasteiger partial charge in [0.25, 0.3) is 0 Å². The van der Waals surface area contributed by atoms with Gasteiger partial charge in [0.2, 0.25) is 0 Å². The van der Waals surface area contributed by atoms with Gasteiger partial charge in [-0.25, -0.2) is 0 Å². The number of benzene rings is 7. The molecule has 0 aromatic heterocycles. The fourth-order valence-electron chi connectivity index (χ4n) is 6.29. The number of anilines is 6. The molecule has 0 radical (unpaired) electrons. The molecule has 0 aliphatic rings. The molecule has 7 aromatic rings. The Kier molecular flexibility index (Phi) is 9.45. The van der Waals surface area contributed by atoms with E-state index in [1.807, 2.05) is 30.3 Å². The fraction of sp³-hybridized carbons (Fsp3) is 0.0870. The molecule has 0 heterocycles. The molecule has 0 saturated heterocycles. The molecule has 0 aliphatic heterocycles. The summed E-state index contributed by atoms with van der Waals surface area (Å²) in [5, 5.41) is 9.80. The predicted molar refractivity (Wildman–Crippen MR) is 209 cm³/mol. The summed E-state index contributed by atoms with van der Waals surface area (Å²) in [5.74, 6) is 0.822. The van der Waals surface area contributed by atoms with E-state index < -0.39 is 0 Å². The average Bonchev–Trinajstić information content (AvgIpc) is 3.17. The van der Waals surface area contributed by atoms with Crippen LogP contribution < -0.4 is 14.5 Å². The number of ether oxygens (including phenoxy) is 1. The molecule has 0 bridgehead atoms. The van der Waals surface area contributed by atoms with Gasteiger partial charge in [-0.05, 0) is 114 Å². The number of aryl methyl sites for hydroxylation is 2. The molecule has 0 saturated carbocycles. The second kappa shape index (κ2) is 14.6. The highest BCUT2D eigenvalue weighted by Crippen LogP contribution is 2.39. The van der Waals surface area contributed by atoms with Gasteiger partial charge in [-0.3, -0.25) is 0 Å². The van der Waals surface area contributed by atoms with Crippen LogP contribution in [0.2, 0.25) is 0 Å². The van der Waals surface area contributed by atoms with Crippen molar-refractivity contribution in [2.75, 3.05) is 16.9 Å². The van der Waals surface area contributed by atoms with E-state index >= 15 is 0 Å². The monoisotopic (exact) mass is 652 g/mol. The third-order valence-corrected chi connectivity index (χ3v) is 9.05. The van der Waals surface area contributed by atoms with Crippen molar-refractivity contribution >= 4 is 34.1 Å². The van der Waals surface area contributed by atoms with Crippen LogP contribution in [0.25, 0.3) is 22.3 Å². The van der Waals surface area contributed by atoms with Gasteiger partial charge in [0.1, 0.15) is 5.75 Å². The highest BCUT2D eigenvalue weighted by atomic mass is 16.5. The van der Waals surface area contributed by atoms with Crippen LogP contribution in [0.5, 0.6) is 5.75 Å². The van der Waals surface area contributed by atoms with Crippen molar-refractivity contribution < 1.29 is 9.84 Å². The summed E-state index contributed by atoms with van der Waals surface area (Å²) in [7, 11) is 1.70. The van der Waals surface area contributed by atoms with E-state index in [9.17, 15) is 5.11 Å². The van der Waals surface area contributed by atoms with Gasteiger partial charge >= 0.3 is 0 Å². The van der Waals surface area contributed by atoms with Crippen LogP contribution in [-0.2, 0) is 6.61 Å². The number of hydrogen-bond acceptors (Lipinski definition) is 4. The molecule has 246 valence electrons. The zero-order chi connectivity index (χ0) is 34.5. The lowest BCUT2D eigenvalue weighted by Crippen LogP contribution is -2.10. The van der Waals surface area contributed by atoms with E-state index in [1.54, 1.807) is 7.11 Å². The maximum atomic E-state index is 9.80. The smallest absolute Gasteiger partial charge is 0.120 e. The number of nitrogens with zero attached hydrogens (tertiary/aromatic N) is 2. The van der Waals surface area contributed by atoms with Crippen molar-refractivity contribution in [3.05, 3.63) is 187 Å². The van der Waals surface area contributed by atoms with E-state index in [4.69, 9.17) is 4.74 Å². The number of aliphatic hydroxyl groups excluding tert-OH is 1. The zero-order valence-electron chi connectivity index (χ0n) is 28.6. The fourth-order valence-corrected chi connectivity index (χ4v) is 6.29. The molecular weight excluding hydrogens is 613 g/mol. The highest BCUT2D eigenvalue weighted by Gasteiger charge is 2.15. The lowest BCUT2D eigenvalue weighted by molar-refractivity contribution is 0.282. The minimum absolute atomic E-state index is 0.00383. The molecule has 0 aliphatic carbocycles. The zero-order valence-corrected chi connectivity index (χ0v) is 28.6. The van der Waals surface area contributed by atoms with Crippen LogP contribution in [-0.4, -0.2) is 12.2 Å². The molecule has 0 atom stereocenters. The van der Waals surface area contributed by atoms with Gasteiger partial charge in [-0.2, -0.15) is 0 Å². The Morgan fingerprint density at radius 1 is 0.420 bits per heavy atom. The van der Waals surface area contributed by atoms with E-state index in [2.05, 4.69) is 163 Å². The lowest BCUT2D eigenvalue weighted by Gasteiger charge is -2.26. The number of aliphatic hydroxyl groups is 1. The molecule has 1 N–H and O–H groups in total. The van der Waals surface area contributed by atoms with Gasteiger partial charge in [0.05, 0.1) is 13.7 Å². The van der Waals surface area contributed by atoms with Crippen molar-refractivity contribution in [2.24, 2.45) is 0 Å². The maximum Gasteiger partial charge on any atom is 0.120 e. The van der Waals surface area contributed by atoms with E-state index in [0.29, 0.717) is 0 Å². The van der Waals surface area contributed by atoms with Crippen LogP contribution in [0, 0.1) is 13.8 Å². The average molecular weight is 653 g/mol. The molecule has 7 rings (SSSR count). The van der Waals surface area contributed by atoms with E-state index in [1.165, 1.54) is 11.1 Å². The van der Waals surface area contributed by atoms with Crippen molar-refractivity contribution in [2.45, 2.75) is 20.5 Å². The molecule has 4 heteroatoms. The first-order valence-corrected chi connectivity index (χ1v) is 16.9. The van der Waals surface area contributed by atoms with E-state index in [0.717, 1.165) is 67.7 Å². The molecule has 4 nitrogen and oxygen atoms in total. The lowest BCUT2D eigenvalue weighted by atomic mass is 9.99. The summed E-state index contributed by atoms with van der Waals surface area (Å²) >= 11 is 0. The topological polar surface area (TPSA) is 35.9 Å². The SMILES string of the molecule is COc1cccc(N(c2ccc(C)cc2)c2ccc(-c3ccc(-c4ccc(N(c5ccc(C)cc5)c5cccc(CO)c5)cc4)cc3)cc2)c1. The van der Waals surface area contributed by atoms with Gasteiger partial charge < -0.3 is 19.6 Å². The summed E-state index contributed by atoms with van der Waals surface area (Å²) in [5.41, 5.74) is 14.3. The molecule has 50 heavy (non-hydrogen) atoms. The van der Waals surface area contributed by atoms with Gasteiger partial charge in [0, 0.05) is 40.2 Å². The van der Waals surface area contributed by atoms with Crippen molar-refractivity contribution in [3.8, 4) is 28.0 Å². The van der Waals surface area contributed by atoms with Crippen LogP contribution >= 0.6 is 0 Å². The Balaban J connectivity index is 1.14. The first kappa shape index (κ1) is 32.4. The van der Waals surface area contributed by atoms with Crippen molar-refractivity contribution in [1.29, 1.82) is 0 Å². The quantitative estimate of drug-likeness (QED) is 0.159. The second-order valence-electron chi connectivity index (χ2n) is 12.5. The molecular formula is C46H40N2O2. The third kappa shape index (κ3) is 7.02. The number of methoxy groups -OCH3 is 1. The highest BCUT2D eigenvalue weighted by molar-refractivity contribution is 5.81. The number of hydrogen-bond donors (Lipinski definition) is 1. The summed E-state index contributed by atoms with van der Waals surface area (Å²) in [6.07, 6.45) is 0. The Hall–Kier alpha value is -6.10. The van der Waals surface area contributed by atoms with Crippen LogP contribution in [0.15, 0.2) is 170 Å². The van der Waals surface area contributed by atoms with Gasteiger partial charge in [-0.15, -0.1) is 0 Å². The Morgan fingerprint density at radius 3 is 1.18 bits per heavy atom. The minimum Gasteiger partial charge on any atom is -0.497 e. The predicted octanol–water partition coefficient (Wildman–Crippen LogP) is 12.1. The molecule has 0 spiro atoms. The third-order valence-electron chi connectivity index (χ3n) is 9.05. The first-order chi connectivity index (χ1) is 24.5. The Labute approximate surface area is 295 Å². The van der Waals surface area contributed by atoms with Crippen LogP contribution in [0.3, 0.4) is 0 Å².